The molecule has 0 aromatic heterocycles. The van der Waals surface area contributed by atoms with Crippen molar-refractivity contribution < 1.29 is 9.59 Å². The number of rotatable bonds is 6. The SMILES string of the molecule is CCCCc1ccc(N2C(=O)C(c3ccc(C)cc3)=C(N3CCN(C)CC3)C2=O)cc1. The molecule has 2 aromatic rings. The normalized spacial score (nSPS) is 17.8. The number of carbonyl (C=O) groups is 2. The van der Waals surface area contributed by atoms with E-state index < -0.39 is 0 Å². The number of imide groups is 1. The minimum absolute atomic E-state index is 0.216. The fraction of sp³-hybridized carbons (Fsp3) is 0.385. The maximum atomic E-state index is 13.6. The van der Waals surface area contributed by atoms with Gasteiger partial charge in [-0.25, -0.2) is 4.90 Å². The highest BCUT2D eigenvalue weighted by Crippen LogP contribution is 2.35. The second-order valence-electron chi connectivity index (χ2n) is 8.60. The Labute approximate surface area is 184 Å². The molecule has 2 aliphatic heterocycles. The van der Waals surface area contributed by atoms with E-state index in [9.17, 15) is 9.59 Å². The van der Waals surface area contributed by atoms with Crippen LogP contribution in [0, 0.1) is 6.92 Å². The average Bonchev–Trinajstić information content (AvgIpc) is 3.04. The van der Waals surface area contributed by atoms with Gasteiger partial charge in [0.1, 0.15) is 5.70 Å². The van der Waals surface area contributed by atoms with Gasteiger partial charge in [0.15, 0.2) is 0 Å². The van der Waals surface area contributed by atoms with Gasteiger partial charge < -0.3 is 9.80 Å². The topological polar surface area (TPSA) is 43.9 Å². The quantitative estimate of drug-likeness (QED) is 0.670. The molecule has 0 unspecified atom stereocenters. The zero-order valence-corrected chi connectivity index (χ0v) is 18.7. The summed E-state index contributed by atoms with van der Waals surface area (Å²) in [4.78, 5) is 32.9. The number of benzene rings is 2. The van der Waals surface area contributed by atoms with Crippen molar-refractivity contribution in [3.8, 4) is 0 Å². The van der Waals surface area contributed by atoms with Gasteiger partial charge in [-0.15, -0.1) is 0 Å². The fourth-order valence-electron chi connectivity index (χ4n) is 4.25. The van der Waals surface area contributed by atoms with Crippen LogP contribution in [0.15, 0.2) is 54.2 Å². The molecule has 2 amide bonds. The maximum absolute atomic E-state index is 13.6. The standard InChI is InChI=1S/C26H31N3O2/c1-4-5-6-20-9-13-22(14-10-20)29-25(30)23(21-11-7-19(2)8-12-21)24(26(29)31)28-17-15-27(3)16-18-28/h7-14H,4-6,15-18H2,1-3H3. The number of unbranched alkanes of at least 4 members (excludes halogenated alkanes) is 1. The van der Waals surface area contributed by atoms with Gasteiger partial charge in [0.05, 0.1) is 11.3 Å². The van der Waals surface area contributed by atoms with Crippen molar-refractivity contribution >= 4 is 23.1 Å². The van der Waals surface area contributed by atoms with Gasteiger partial charge in [0, 0.05) is 26.2 Å². The Morgan fingerprint density at radius 3 is 2.10 bits per heavy atom. The molecule has 0 radical (unpaired) electrons. The first kappa shape index (κ1) is 21.3. The molecule has 1 fully saturated rings. The summed E-state index contributed by atoms with van der Waals surface area (Å²) in [5.41, 5.74) is 4.86. The van der Waals surface area contributed by atoms with Crippen LogP contribution in [0.5, 0.6) is 0 Å². The first-order valence-corrected chi connectivity index (χ1v) is 11.2. The molecule has 5 nitrogen and oxygen atoms in total. The Morgan fingerprint density at radius 1 is 0.839 bits per heavy atom. The van der Waals surface area contributed by atoms with Crippen molar-refractivity contribution in [1.29, 1.82) is 0 Å². The van der Waals surface area contributed by atoms with Crippen LogP contribution in [0.3, 0.4) is 0 Å². The van der Waals surface area contributed by atoms with Crippen LogP contribution in [-0.2, 0) is 16.0 Å². The zero-order valence-electron chi connectivity index (χ0n) is 18.7. The lowest BCUT2D eigenvalue weighted by molar-refractivity contribution is -0.120. The first-order valence-electron chi connectivity index (χ1n) is 11.2. The summed E-state index contributed by atoms with van der Waals surface area (Å²) < 4.78 is 0. The molecule has 2 aromatic carbocycles. The van der Waals surface area contributed by atoms with Crippen molar-refractivity contribution in [3.63, 3.8) is 0 Å². The van der Waals surface area contributed by atoms with E-state index in [1.807, 2.05) is 55.5 Å². The second-order valence-corrected chi connectivity index (χ2v) is 8.60. The number of hydrogen-bond acceptors (Lipinski definition) is 4. The number of aryl methyl sites for hydroxylation is 2. The lowest BCUT2D eigenvalue weighted by atomic mass is 10.0. The van der Waals surface area contributed by atoms with Gasteiger partial charge in [-0.3, -0.25) is 9.59 Å². The predicted molar refractivity (Wildman–Crippen MR) is 125 cm³/mol. The fourth-order valence-corrected chi connectivity index (χ4v) is 4.25. The molecule has 0 saturated carbocycles. The highest BCUT2D eigenvalue weighted by molar-refractivity contribution is 6.45. The Kier molecular flexibility index (Phi) is 6.23. The summed E-state index contributed by atoms with van der Waals surface area (Å²) in [6, 6.07) is 15.8. The third-order valence-electron chi connectivity index (χ3n) is 6.23. The second kappa shape index (κ2) is 9.06. The van der Waals surface area contributed by atoms with E-state index in [0.717, 1.165) is 56.6 Å². The minimum Gasteiger partial charge on any atom is -0.364 e. The first-order chi connectivity index (χ1) is 15.0. The van der Waals surface area contributed by atoms with Crippen LogP contribution in [0.4, 0.5) is 5.69 Å². The van der Waals surface area contributed by atoms with E-state index in [-0.39, 0.29) is 11.8 Å². The summed E-state index contributed by atoms with van der Waals surface area (Å²) >= 11 is 0. The van der Waals surface area contributed by atoms with Crippen molar-refractivity contribution in [2.45, 2.75) is 33.1 Å². The number of piperazine rings is 1. The van der Waals surface area contributed by atoms with Crippen LogP contribution in [0.1, 0.15) is 36.5 Å². The highest BCUT2D eigenvalue weighted by atomic mass is 16.2. The number of anilines is 1. The molecule has 2 aliphatic rings. The summed E-state index contributed by atoms with van der Waals surface area (Å²) in [6.07, 6.45) is 3.29. The molecule has 4 rings (SSSR count). The largest absolute Gasteiger partial charge is 0.364 e. The van der Waals surface area contributed by atoms with E-state index in [0.29, 0.717) is 17.0 Å². The minimum atomic E-state index is -0.232. The van der Waals surface area contributed by atoms with Gasteiger partial charge in [-0.2, -0.15) is 0 Å². The molecular weight excluding hydrogens is 386 g/mol. The molecule has 0 spiro atoms. The number of hydrogen-bond donors (Lipinski definition) is 0. The summed E-state index contributed by atoms with van der Waals surface area (Å²) in [5.74, 6) is -0.449. The molecule has 1 saturated heterocycles. The molecular formula is C26H31N3O2. The van der Waals surface area contributed by atoms with Gasteiger partial charge >= 0.3 is 0 Å². The third-order valence-corrected chi connectivity index (χ3v) is 6.23. The van der Waals surface area contributed by atoms with Crippen LogP contribution >= 0.6 is 0 Å². The van der Waals surface area contributed by atoms with Crippen LogP contribution in [0.25, 0.3) is 5.57 Å². The van der Waals surface area contributed by atoms with E-state index in [1.165, 1.54) is 10.5 Å². The summed E-state index contributed by atoms with van der Waals surface area (Å²) in [6.45, 7) is 7.42. The predicted octanol–water partition coefficient (Wildman–Crippen LogP) is 3.87. The lowest BCUT2D eigenvalue weighted by Gasteiger charge is -2.34. The van der Waals surface area contributed by atoms with Crippen molar-refractivity contribution in [2.24, 2.45) is 0 Å². The molecule has 31 heavy (non-hydrogen) atoms. The summed E-state index contributed by atoms with van der Waals surface area (Å²) in [7, 11) is 2.08. The molecule has 162 valence electrons. The lowest BCUT2D eigenvalue weighted by Crippen LogP contribution is -2.46. The third kappa shape index (κ3) is 4.28. The molecule has 5 heteroatoms. The smallest absolute Gasteiger partial charge is 0.282 e. The Bertz CT molecular complexity index is 984. The van der Waals surface area contributed by atoms with Gasteiger partial charge in [0.25, 0.3) is 11.8 Å². The Morgan fingerprint density at radius 2 is 1.48 bits per heavy atom. The Hall–Kier alpha value is -2.92. The van der Waals surface area contributed by atoms with Crippen molar-refractivity contribution in [2.75, 3.05) is 38.1 Å². The molecule has 0 aliphatic carbocycles. The van der Waals surface area contributed by atoms with Gasteiger partial charge in [-0.05, 0) is 50.1 Å². The number of amides is 2. The van der Waals surface area contributed by atoms with Crippen LogP contribution in [0.2, 0.25) is 0 Å². The maximum Gasteiger partial charge on any atom is 0.282 e. The van der Waals surface area contributed by atoms with E-state index in [1.54, 1.807) is 0 Å². The van der Waals surface area contributed by atoms with Crippen LogP contribution < -0.4 is 4.90 Å². The highest BCUT2D eigenvalue weighted by Gasteiger charge is 2.42. The van der Waals surface area contributed by atoms with Gasteiger partial charge in [-0.1, -0.05) is 55.3 Å². The van der Waals surface area contributed by atoms with Crippen molar-refractivity contribution in [3.05, 3.63) is 70.9 Å². The van der Waals surface area contributed by atoms with Gasteiger partial charge in [0.2, 0.25) is 0 Å². The van der Waals surface area contributed by atoms with Crippen LogP contribution in [-0.4, -0.2) is 54.8 Å². The molecule has 2 heterocycles. The number of likely N-dealkylation sites (N-methyl/N-ethyl adjacent to an activating group) is 1. The number of carbonyl (C=O) groups excluding carboxylic acids is 2. The molecule has 0 N–H and O–H groups in total. The van der Waals surface area contributed by atoms with E-state index in [4.69, 9.17) is 0 Å². The van der Waals surface area contributed by atoms with E-state index >= 15 is 0 Å². The summed E-state index contributed by atoms with van der Waals surface area (Å²) in [5, 5.41) is 0. The Balaban J connectivity index is 1.70. The monoisotopic (exact) mass is 417 g/mol. The molecule has 0 bridgehead atoms. The zero-order chi connectivity index (χ0) is 22.0. The number of nitrogens with zero attached hydrogens (tertiary/aromatic N) is 3. The van der Waals surface area contributed by atoms with E-state index in [2.05, 4.69) is 23.8 Å². The van der Waals surface area contributed by atoms with Crippen molar-refractivity contribution in [1.82, 2.24) is 9.80 Å². The molecule has 0 atom stereocenters. The average molecular weight is 418 g/mol.